The molecule has 0 radical (unpaired) electrons. The number of nitrogens with zero attached hydrogens (tertiary/aromatic N) is 2. The van der Waals surface area contributed by atoms with Crippen molar-refractivity contribution in [2.24, 2.45) is 5.73 Å². The summed E-state index contributed by atoms with van der Waals surface area (Å²) in [5.41, 5.74) is 6.59. The van der Waals surface area contributed by atoms with Crippen LogP contribution in [0.4, 0.5) is 13.2 Å². The second-order valence-electron chi connectivity index (χ2n) is 6.01. The molecule has 1 saturated heterocycles. The molecule has 6 heteroatoms. The molecule has 2 aliphatic heterocycles. The van der Waals surface area contributed by atoms with Gasteiger partial charge in [-0.05, 0) is 44.6 Å². The molecule has 0 aliphatic carbocycles. The van der Waals surface area contributed by atoms with Crippen LogP contribution in [0, 0.1) is 17.5 Å². The smallest absolute Gasteiger partial charge is 0.194 e. The summed E-state index contributed by atoms with van der Waals surface area (Å²) in [6.45, 7) is 2.54. The summed E-state index contributed by atoms with van der Waals surface area (Å²) in [6, 6.07) is 1.17. The molecule has 116 valence electrons. The summed E-state index contributed by atoms with van der Waals surface area (Å²) in [4.78, 5) is 4.36. The van der Waals surface area contributed by atoms with Crippen molar-refractivity contribution in [3.63, 3.8) is 0 Å². The summed E-state index contributed by atoms with van der Waals surface area (Å²) in [6.07, 6.45) is 1.93. The Balaban J connectivity index is 1.91. The van der Waals surface area contributed by atoms with Gasteiger partial charge < -0.3 is 10.6 Å². The lowest BCUT2D eigenvalue weighted by atomic mass is 10.0. The molecule has 1 unspecified atom stereocenters. The Morgan fingerprint density at radius 3 is 2.48 bits per heavy atom. The zero-order chi connectivity index (χ0) is 15.1. The number of hydrogen-bond donors (Lipinski definition) is 1. The molecule has 3 nitrogen and oxygen atoms in total. The van der Waals surface area contributed by atoms with Gasteiger partial charge in [0.1, 0.15) is 0 Å². The molecule has 1 aromatic rings. The lowest BCUT2D eigenvalue weighted by Gasteiger charge is -2.38. The predicted molar refractivity (Wildman–Crippen MR) is 74.2 cm³/mol. The van der Waals surface area contributed by atoms with Crippen molar-refractivity contribution in [3.05, 3.63) is 34.6 Å². The van der Waals surface area contributed by atoms with E-state index >= 15 is 0 Å². The first-order valence-corrected chi connectivity index (χ1v) is 7.33. The zero-order valence-corrected chi connectivity index (χ0v) is 12.1. The number of halogens is 3. The molecule has 1 fully saturated rings. The fourth-order valence-corrected chi connectivity index (χ4v) is 3.55. The van der Waals surface area contributed by atoms with Crippen molar-refractivity contribution in [1.82, 2.24) is 9.80 Å². The summed E-state index contributed by atoms with van der Waals surface area (Å²) < 4.78 is 40.9. The van der Waals surface area contributed by atoms with E-state index in [4.69, 9.17) is 5.73 Å². The minimum absolute atomic E-state index is 0.224. The maximum Gasteiger partial charge on any atom is 0.194 e. The van der Waals surface area contributed by atoms with Crippen LogP contribution in [0.1, 0.15) is 30.0 Å². The molecule has 0 saturated carbocycles. The fourth-order valence-electron chi connectivity index (χ4n) is 3.55. The largest absolute Gasteiger partial charge is 0.329 e. The van der Waals surface area contributed by atoms with Gasteiger partial charge in [-0.1, -0.05) is 0 Å². The Kier molecular flexibility index (Phi) is 3.94. The van der Waals surface area contributed by atoms with Crippen LogP contribution in [-0.4, -0.2) is 42.5 Å². The van der Waals surface area contributed by atoms with Crippen molar-refractivity contribution in [2.75, 3.05) is 26.7 Å². The van der Waals surface area contributed by atoms with Crippen LogP contribution in [-0.2, 0) is 6.54 Å². The van der Waals surface area contributed by atoms with E-state index in [0.717, 1.165) is 32.0 Å². The highest BCUT2D eigenvalue weighted by Gasteiger charge is 2.38. The number of hydrogen-bond acceptors (Lipinski definition) is 3. The molecule has 1 atom stereocenters. The normalized spacial score (nSPS) is 24.5. The van der Waals surface area contributed by atoms with Gasteiger partial charge in [-0.15, -0.1) is 0 Å². The quantitative estimate of drug-likeness (QED) is 0.848. The monoisotopic (exact) mass is 299 g/mol. The first kappa shape index (κ1) is 14.8. The lowest BCUT2D eigenvalue weighted by Crippen LogP contribution is -2.44. The molecular formula is C15H20F3N3. The van der Waals surface area contributed by atoms with E-state index < -0.39 is 17.5 Å². The van der Waals surface area contributed by atoms with Crippen molar-refractivity contribution in [2.45, 2.75) is 31.5 Å². The molecule has 0 bridgehead atoms. The van der Waals surface area contributed by atoms with Crippen LogP contribution in [0.15, 0.2) is 6.07 Å². The van der Waals surface area contributed by atoms with Crippen molar-refractivity contribution < 1.29 is 13.2 Å². The molecule has 0 aromatic heterocycles. The third-order valence-electron chi connectivity index (χ3n) is 4.78. The molecule has 2 N–H and O–H groups in total. The number of fused-ring (bicyclic) bond motifs is 1. The van der Waals surface area contributed by atoms with Crippen LogP contribution in [0.5, 0.6) is 0 Å². The standard InChI is InChI=1S/C15H20F3N3/c1-20-4-2-9(3-5-20)21-8-11-10(13(21)7-19)6-12(16)15(18)14(11)17/h6,9,13H,2-5,7-8,19H2,1H3. The molecular weight excluding hydrogens is 279 g/mol. The van der Waals surface area contributed by atoms with Crippen molar-refractivity contribution >= 4 is 0 Å². The summed E-state index contributed by atoms with van der Waals surface area (Å²) in [7, 11) is 2.07. The van der Waals surface area contributed by atoms with Gasteiger partial charge in [0.15, 0.2) is 17.5 Å². The lowest BCUT2D eigenvalue weighted by molar-refractivity contribution is 0.0903. The van der Waals surface area contributed by atoms with Crippen LogP contribution in [0.2, 0.25) is 0 Å². The van der Waals surface area contributed by atoms with Crippen molar-refractivity contribution in [3.8, 4) is 0 Å². The van der Waals surface area contributed by atoms with Gasteiger partial charge in [0.05, 0.1) is 0 Å². The number of likely N-dealkylation sites (tertiary alicyclic amines) is 1. The second-order valence-corrected chi connectivity index (χ2v) is 6.01. The van der Waals surface area contributed by atoms with Gasteiger partial charge in [-0.2, -0.15) is 0 Å². The Morgan fingerprint density at radius 2 is 1.86 bits per heavy atom. The highest BCUT2D eigenvalue weighted by Crippen LogP contribution is 2.39. The third kappa shape index (κ3) is 2.45. The minimum atomic E-state index is -1.38. The van der Waals surface area contributed by atoms with E-state index in [0.29, 0.717) is 12.1 Å². The number of rotatable bonds is 2. The van der Waals surface area contributed by atoms with E-state index in [1.807, 2.05) is 0 Å². The van der Waals surface area contributed by atoms with Gasteiger partial charge in [-0.3, -0.25) is 4.90 Å². The van der Waals surface area contributed by atoms with Gasteiger partial charge in [0.2, 0.25) is 0 Å². The van der Waals surface area contributed by atoms with Crippen LogP contribution in [0.3, 0.4) is 0 Å². The molecule has 0 spiro atoms. The summed E-state index contributed by atoms with van der Waals surface area (Å²) >= 11 is 0. The van der Waals surface area contributed by atoms with E-state index in [-0.39, 0.29) is 24.2 Å². The number of nitrogens with two attached hydrogens (primary N) is 1. The van der Waals surface area contributed by atoms with Crippen molar-refractivity contribution in [1.29, 1.82) is 0 Å². The Morgan fingerprint density at radius 1 is 1.19 bits per heavy atom. The first-order valence-electron chi connectivity index (χ1n) is 7.33. The Labute approximate surface area is 122 Å². The maximum absolute atomic E-state index is 14.0. The molecule has 2 heterocycles. The van der Waals surface area contributed by atoms with Crippen LogP contribution >= 0.6 is 0 Å². The highest BCUT2D eigenvalue weighted by molar-refractivity contribution is 5.37. The predicted octanol–water partition coefficient (Wildman–Crippen LogP) is 2.01. The third-order valence-corrected chi connectivity index (χ3v) is 4.78. The maximum atomic E-state index is 14.0. The second kappa shape index (κ2) is 5.59. The van der Waals surface area contributed by atoms with Gasteiger partial charge in [0, 0.05) is 30.7 Å². The van der Waals surface area contributed by atoms with Crippen LogP contribution < -0.4 is 5.73 Å². The SMILES string of the molecule is CN1CCC(N2Cc3c(cc(F)c(F)c3F)C2CN)CC1. The molecule has 1 aromatic carbocycles. The van der Waals surface area contributed by atoms with Gasteiger partial charge in [0.25, 0.3) is 0 Å². The van der Waals surface area contributed by atoms with Gasteiger partial charge >= 0.3 is 0 Å². The molecule has 21 heavy (non-hydrogen) atoms. The molecule has 0 amide bonds. The summed E-state index contributed by atoms with van der Waals surface area (Å²) in [5, 5.41) is 0. The number of piperidine rings is 1. The first-order chi connectivity index (χ1) is 10.0. The average molecular weight is 299 g/mol. The number of benzene rings is 1. The van der Waals surface area contributed by atoms with E-state index in [1.165, 1.54) is 0 Å². The van der Waals surface area contributed by atoms with E-state index in [9.17, 15) is 13.2 Å². The fraction of sp³-hybridized carbons (Fsp3) is 0.600. The average Bonchev–Trinajstić information content (AvgIpc) is 2.84. The summed E-state index contributed by atoms with van der Waals surface area (Å²) in [5.74, 6) is -3.57. The molecule has 3 rings (SSSR count). The zero-order valence-electron chi connectivity index (χ0n) is 12.1. The van der Waals surface area contributed by atoms with Crippen LogP contribution in [0.25, 0.3) is 0 Å². The van der Waals surface area contributed by atoms with Gasteiger partial charge in [-0.25, -0.2) is 13.2 Å². The topological polar surface area (TPSA) is 32.5 Å². The van der Waals surface area contributed by atoms with E-state index in [2.05, 4.69) is 16.8 Å². The minimum Gasteiger partial charge on any atom is -0.329 e. The molecule has 2 aliphatic rings. The Hall–Kier alpha value is -1.11. The Bertz CT molecular complexity index is 541. The van der Waals surface area contributed by atoms with E-state index in [1.54, 1.807) is 0 Å². The highest BCUT2D eigenvalue weighted by atomic mass is 19.2.